The van der Waals surface area contributed by atoms with Crippen LogP contribution < -0.4 is 15.4 Å². The van der Waals surface area contributed by atoms with Crippen LogP contribution in [0.15, 0.2) is 90.0 Å². The predicted molar refractivity (Wildman–Crippen MR) is 157 cm³/mol. The summed E-state index contributed by atoms with van der Waals surface area (Å²) in [6, 6.07) is 24.2. The van der Waals surface area contributed by atoms with E-state index in [4.69, 9.17) is 16.3 Å². The van der Waals surface area contributed by atoms with Gasteiger partial charge in [0.2, 0.25) is 21.9 Å². The van der Waals surface area contributed by atoms with Crippen LogP contribution in [0.2, 0.25) is 5.02 Å². The molecule has 0 aliphatic heterocycles. The molecule has 0 aliphatic rings. The van der Waals surface area contributed by atoms with Crippen LogP contribution in [0, 0.1) is 0 Å². The molecule has 1 heterocycles. The van der Waals surface area contributed by atoms with E-state index in [-0.39, 0.29) is 24.0 Å². The number of aromatic nitrogens is 2. The van der Waals surface area contributed by atoms with E-state index in [0.717, 1.165) is 16.7 Å². The zero-order valence-electron chi connectivity index (χ0n) is 21.9. The second kappa shape index (κ2) is 14.0. The van der Waals surface area contributed by atoms with Gasteiger partial charge in [-0.15, -0.1) is 0 Å². The minimum absolute atomic E-state index is 0.0566. The molecule has 11 heteroatoms. The molecule has 4 rings (SSSR count). The summed E-state index contributed by atoms with van der Waals surface area (Å²) in [4.78, 5) is 20.2. The Kier molecular flexibility index (Phi) is 10.2. The van der Waals surface area contributed by atoms with Crippen molar-refractivity contribution in [3.8, 4) is 22.4 Å². The highest BCUT2D eigenvalue weighted by Gasteiger charge is 2.14. The summed E-state index contributed by atoms with van der Waals surface area (Å²) in [5, 5.41) is 6.21. The number of halogens is 1. The van der Waals surface area contributed by atoms with Gasteiger partial charge in [0, 0.05) is 30.8 Å². The van der Waals surface area contributed by atoms with Gasteiger partial charge in [0.25, 0.3) is 0 Å². The number of carbonyl (C=O) groups is 1. The van der Waals surface area contributed by atoms with Crippen molar-refractivity contribution in [3.05, 3.63) is 90.1 Å². The Morgan fingerprint density at radius 2 is 1.60 bits per heavy atom. The third-order valence-corrected chi connectivity index (χ3v) is 7.59. The summed E-state index contributed by atoms with van der Waals surface area (Å²) in [6.45, 7) is 2.75. The molecule has 0 unspecified atom stereocenters. The van der Waals surface area contributed by atoms with Crippen LogP contribution in [0.3, 0.4) is 0 Å². The van der Waals surface area contributed by atoms with Crippen molar-refractivity contribution in [3.63, 3.8) is 0 Å². The first-order valence-corrected chi connectivity index (χ1v) is 14.6. The number of nitrogens with zero attached hydrogens (tertiary/aromatic N) is 2. The molecule has 208 valence electrons. The lowest BCUT2D eigenvalue weighted by atomic mass is 10.0. The van der Waals surface area contributed by atoms with Crippen molar-refractivity contribution in [1.29, 1.82) is 0 Å². The molecule has 1 aromatic heterocycles. The Morgan fingerprint density at radius 3 is 2.35 bits per heavy atom. The predicted octanol–water partition coefficient (Wildman–Crippen LogP) is 5.03. The molecule has 0 bridgehead atoms. The number of ether oxygens (including phenoxy) is 1. The van der Waals surface area contributed by atoms with E-state index < -0.39 is 10.0 Å². The third-order valence-electron chi connectivity index (χ3n) is 5.84. The number of nitrogens with one attached hydrogen (secondary N) is 3. The van der Waals surface area contributed by atoms with Crippen molar-refractivity contribution in [2.24, 2.45) is 0 Å². The molecule has 0 atom stereocenters. The Morgan fingerprint density at radius 1 is 0.900 bits per heavy atom. The van der Waals surface area contributed by atoms with E-state index in [1.165, 1.54) is 18.3 Å². The topological polar surface area (TPSA) is 122 Å². The molecule has 0 saturated carbocycles. The van der Waals surface area contributed by atoms with E-state index in [9.17, 15) is 13.2 Å². The molecule has 9 nitrogen and oxygen atoms in total. The van der Waals surface area contributed by atoms with Crippen molar-refractivity contribution < 1.29 is 17.9 Å². The van der Waals surface area contributed by atoms with Crippen molar-refractivity contribution in [2.45, 2.75) is 18.2 Å². The van der Waals surface area contributed by atoms with Gasteiger partial charge < -0.3 is 15.4 Å². The van der Waals surface area contributed by atoms with Crippen LogP contribution in [0.1, 0.15) is 13.3 Å². The quantitative estimate of drug-likeness (QED) is 0.190. The van der Waals surface area contributed by atoms with E-state index >= 15 is 0 Å². The van der Waals surface area contributed by atoms with E-state index in [1.807, 2.05) is 54.6 Å². The Hall–Kier alpha value is -3.83. The summed E-state index contributed by atoms with van der Waals surface area (Å²) < 4.78 is 33.1. The van der Waals surface area contributed by atoms with Gasteiger partial charge in [-0.05, 0) is 41.5 Å². The fraction of sp³-hybridized carbons (Fsp3) is 0.207. The van der Waals surface area contributed by atoms with E-state index in [2.05, 4.69) is 25.3 Å². The van der Waals surface area contributed by atoms with Gasteiger partial charge in [0.1, 0.15) is 0 Å². The number of hydrogen-bond acceptors (Lipinski definition) is 7. The molecule has 0 saturated heterocycles. The molecule has 40 heavy (non-hydrogen) atoms. The third kappa shape index (κ3) is 8.09. The zero-order valence-corrected chi connectivity index (χ0v) is 23.5. The number of hydrogen-bond donors (Lipinski definition) is 3. The Bertz CT molecular complexity index is 1530. The Balaban J connectivity index is 1.36. The molecule has 3 N–H and O–H groups in total. The maximum atomic E-state index is 12.6. The fourth-order valence-corrected chi connectivity index (χ4v) is 4.99. The van der Waals surface area contributed by atoms with Gasteiger partial charge in [-0.1, -0.05) is 67.1 Å². The summed E-state index contributed by atoms with van der Waals surface area (Å²) >= 11 is 6.45. The minimum atomic E-state index is -3.71. The largest absolute Gasteiger partial charge is 0.378 e. The maximum Gasteiger partial charge on any atom is 0.240 e. The van der Waals surface area contributed by atoms with Crippen LogP contribution >= 0.6 is 11.6 Å². The van der Waals surface area contributed by atoms with Gasteiger partial charge in [0.05, 0.1) is 35.0 Å². The molecular formula is C29H30ClN5O4S. The summed E-state index contributed by atoms with van der Waals surface area (Å²) in [7, 11) is -3.71. The second-order valence-electron chi connectivity index (χ2n) is 8.70. The number of sulfonamides is 1. The SMILES string of the molecule is CCC(=O)NCCOCCNS(=O)(=O)c1ccc(Nc2ncc(Cl)c(-c3cccc(-c4ccccc4)c3)n2)cc1. The van der Waals surface area contributed by atoms with Crippen LogP contribution in [0.5, 0.6) is 0 Å². The standard InChI is InChI=1S/C29H30ClN5O4S/c1-2-27(36)31-15-17-39-18-16-33-40(37,38)25-13-11-24(12-14-25)34-29-32-20-26(30)28(35-29)23-10-6-9-22(19-23)21-7-4-3-5-8-21/h3-14,19-20,33H,2,15-18H2,1H3,(H,31,36)(H,32,34,35). The van der Waals surface area contributed by atoms with Gasteiger partial charge in [-0.2, -0.15) is 0 Å². The molecule has 3 aromatic carbocycles. The number of anilines is 2. The van der Waals surface area contributed by atoms with Crippen molar-refractivity contribution in [2.75, 3.05) is 31.6 Å². The molecule has 0 aliphatic carbocycles. The smallest absolute Gasteiger partial charge is 0.240 e. The van der Waals surface area contributed by atoms with Crippen molar-refractivity contribution >= 4 is 39.2 Å². The second-order valence-corrected chi connectivity index (χ2v) is 10.9. The van der Waals surface area contributed by atoms with Gasteiger partial charge >= 0.3 is 0 Å². The van der Waals surface area contributed by atoms with Crippen LogP contribution in [0.4, 0.5) is 11.6 Å². The molecule has 0 spiro atoms. The summed E-state index contributed by atoms with van der Waals surface area (Å²) in [6.07, 6.45) is 1.94. The van der Waals surface area contributed by atoms with Crippen LogP contribution in [-0.4, -0.2) is 50.6 Å². The average molecular weight is 580 g/mol. The Labute approximate surface area is 239 Å². The highest BCUT2D eigenvalue weighted by Crippen LogP contribution is 2.30. The minimum Gasteiger partial charge on any atom is -0.378 e. The maximum absolute atomic E-state index is 12.6. The number of benzene rings is 3. The first kappa shape index (κ1) is 29.2. The molecule has 1 amide bonds. The van der Waals surface area contributed by atoms with Gasteiger partial charge in [-0.25, -0.2) is 23.1 Å². The van der Waals surface area contributed by atoms with E-state index in [0.29, 0.717) is 41.9 Å². The fourth-order valence-electron chi connectivity index (χ4n) is 3.77. The van der Waals surface area contributed by atoms with Gasteiger partial charge in [-0.3, -0.25) is 4.79 Å². The average Bonchev–Trinajstić information content (AvgIpc) is 2.98. The first-order chi connectivity index (χ1) is 19.4. The molecular weight excluding hydrogens is 550 g/mol. The highest BCUT2D eigenvalue weighted by molar-refractivity contribution is 7.89. The lowest BCUT2D eigenvalue weighted by molar-refractivity contribution is -0.121. The highest BCUT2D eigenvalue weighted by atomic mass is 35.5. The molecule has 0 fully saturated rings. The lowest BCUT2D eigenvalue weighted by Crippen LogP contribution is -2.30. The van der Waals surface area contributed by atoms with Crippen molar-refractivity contribution in [1.82, 2.24) is 20.0 Å². The number of carbonyl (C=O) groups excluding carboxylic acids is 1. The monoisotopic (exact) mass is 579 g/mol. The van der Waals surface area contributed by atoms with E-state index in [1.54, 1.807) is 19.1 Å². The number of amides is 1. The number of rotatable bonds is 13. The van der Waals surface area contributed by atoms with Gasteiger partial charge in [0.15, 0.2) is 0 Å². The first-order valence-electron chi connectivity index (χ1n) is 12.8. The summed E-state index contributed by atoms with van der Waals surface area (Å²) in [5.74, 6) is 0.268. The normalized spacial score (nSPS) is 11.2. The van der Waals surface area contributed by atoms with Crippen LogP contribution in [0.25, 0.3) is 22.4 Å². The summed E-state index contributed by atoms with van der Waals surface area (Å²) in [5.41, 5.74) is 4.17. The molecule has 0 radical (unpaired) electrons. The zero-order chi connectivity index (χ0) is 28.4. The molecule has 4 aromatic rings. The lowest BCUT2D eigenvalue weighted by Gasteiger charge is -2.11. The van der Waals surface area contributed by atoms with Crippen LogP contribution in [-0.2, 0) is 19.6 Å².